The third-order valence-electron chi connectivity index (χ3n) is 10.3. The molecule has 0 bridgehead atoms. The highest BCUT2D eigenvalue weighted by atomic mass is 32.3. The molecule has 0 aromatic carbocycles. The van der Waals surface area contributed by atoms with Crippen molar-refractivity contribution in [1.29, 1.82) is 0 Å². The number of aliphatic hydroxyl groups excluding tert-OH is 5. The Kier molecular flexibility index (Phi) is 31.8. The van der Waals surface area contributed by atoms with Gasteiger partial charge >= 0.3 is 10.4 Å². The number of hydrogen-bond donors (Lipinski definition) is 7. The van der Waals surface area contributed by atoms with Gasteiger partial charge in [0.25, 0.3) is 0 Å². The van der Waals surface area contributed by atoms with E-state index < -0.39 is 78.5 Å². The summed E-state index contributed by atoms with van der Waals surface area (Å²) in [6.07, 6.45) is 26.6. The number of carbonyl (C=O) groups excluding carboxylic acids is 1. The van der Waals surface area contributed by atoms with E-state index >= 15 is 0 Å². The predicted octanol–water partition coefficient (Wildman–Crippen LogP) is 6.91. The van der Waals surface area contributed by atoms with Gasteiger partial charge in [0.1, 0.15) is 30.5 Å². The number of hydrogen-bond acceptors (Lipinski definition) is 11. The van der Waals surface area contributed by atoms with Crippen molar-refractivity contribution in [2.45, 2.75) is 217 Å². The van der Waals surface area contributed by atoms with Crippen LogP contribution < -0.4 is 5.32 Å². The van der Waals surface area contributed by atoms with Crippen LogP contribution in [0.4, 0.5) is 0 Å². The first-order chi connectivity index (χ1) is 27.4. The van der Waals surface area contributed by atoms with Crippen molar-refractivity contribution in [3.8, 4) is 0 Å². The van der Waals surface area contributed by atoms with Gasteiger partial charge in [-0.15, -0.1) is 0 Å². The Bertz CT molecular complexity index is 1180. The maximum Gasteiger partial charge on any atom is 0.397 e. The second-order valence-corrected chi connectivity index (χ2v) is 16.5. The first-order valence-electron chi connectivity index (χ1n) is 22.0. The Morgan fingerprint density at radius 2 is 1.18 bits per heavy atom. The standard InChI is InChI=1S/C43H79NO12S/c1-3-5-7-9-11-13-15-17-19-21-23-25-27-29-31-36(46)35(34-54-43-40(49)41(56-57(51,52)53)39(48)38(33-45)55-43)44-42(50)37(47)32-30-28-26-24-22-20-18-16-14-12-10-8-6-4-2/h13,15,21,23,29,31,35-41,43,45-49H,3-12,14,16-20,22,24-28,30,32-34H2,1-2H3,(H,44,50)(H,51,52,53)/b15-13+,23-21+,31-29+. The monoisotopic (exact) mass is 834 g/mol. The summed E-state index contributed by atoms with van der Waals surface area (Å²) < 4.78 is 47.4. The van der Waals surface area contributed by atoms with E-state index in [2.05, 4.69) is 47.7 Å². The average Bonchev–Trinajstić information content (AvgIpc) is 3.18. The molecule has 0 aromatic heterocycles. The SMILES string of the molecule is CCCCCC/C=C/CC/C=C/CC/C=C/C(O)C(COC1OC(CO)C(O)C(OS(=O)(=O)O)C1O)NC(=O)C(O)CCCCCCCCCCCCCCCC. The summed E-state index contributed by atoms with van der Waals surface area (Å²) in [5, 5.41) is 55.0. The third kappa shape index (κ3) is 26.9. The molecule has 1 heterocycles. The van der Waals surface area contributed by atoms with Crippen LogP contribution >= 0.6 is 0 Å². The molecule has 0 spiro atoms. The summed E-state index contributed by atoms with van der Waals surface area (Å²) in [5.74, 6) is -0.718. The molecular formula is C43H79NO12S. The van der Waals surface area contributed by atoms with E-state index in [0.717, 1.165) is 44.9 Å². The number of aliphatic hydroxyl groups is 5. The minimum Gasteiger partial charge on any atom is -0.394 e. The van der Waals surface area contributed by atoms with Gasteiger partial charge in [0.15, 0.2) is 6.29 Å². The van der Waals surface area contributed by atoms with Crippen LogP contribution in [0, 0.1) is 0 Å². The Morgan fingerprint density at radius 3 is 1.68 bits per heavy atom. The van der Waals surface area contributed by atoms with Gasteiger partial charge in [-0.2, -0.15) is 8.42 Å². The summed E-state index contributed by atoms with van der Waals surface area (Å²) in [6.45, 7) is 3.15. The Hall–Kier alpha value is -1.72. The highest BCUT2D eigenvalue weighted by Crippen LogP contribution is 2.26. The number of nitrogens with one attached hydrogen (secondary N) is 1. The van der Waals surface area contributed by atoms with Crippen molar-refractivity contribution >= 4 is 16.3 Å². The van der Waals surface area contributed by atoms with Crippen LogP contribution in [0.25, 0.3) is 0 Å². The predicted molar refractivity (Wildman–Crippen MR) is 224 cm³/mol. The first kappa shape index (κ1) is 53.3. The number of allylic oxidation sites excluding steroid dienone is 5. The van der Waals surface area contributed by atoms with E-state index in [1.165, 1.54) is 96.0 Å². The average molecular weight is 834 g/mol. The molecular weight excluding hydrogens is 755 g/mol. The molecule has 1 amide bonds. The molecule has 57 heavy (non-hydrogen) atoms. The van der Waals surface area contributed by atoms with Crippen molar-refractivity contribution in [1.82, 2.24) is 5.32 Å². The lowest BCUT2D eigenvalue weighted by atomic mass is 9.99. The molecule has 8 atom stereocenters. The molecule has 334 valence electrons. The van der Waals surface area contributed by atoms with E-state index in [4.69, 9.17) is 14.0 Å². The van der Waals surface area contributed by atoms with Crippen LogP contribution in [0.3, 0.4) is 0 Å². The van der Waals surface area contributed by atoms with Crippen LogP contribution in [0.2, 0.25) is 0 Å². The molecule has 0 radical (unpaired) electrons. The fraction of sp³-hybridized carbons (Fsp3) is 0.837. The first-order valence-corrected chi connectivity index (χ1v) is 23.3. The van der Waals surface area contributed by atoms with Crippen molar-refractivity contribution in [2.24, 2.45) is 0 Å². The topological polar surface area (TPSA) is 212 Å². The zero-order valence-electron chi connectivity index (χ0n) is 35.0. The number of ether oxygens (including phenoxy) is 2. The van der Waals surface area contributed by atoms with Gasteiger partial charge in [-0.25, -0.2) is 4.18 Å². The Labute approximate surface area is 344 Å². The summed E-state index contributed by atoms with van der Waals surface area (Å²) in [7, 11) is -5.12. The van der Waals surface area contributed by atoms with Gasteiger partial charge < -0.3 is 40.3 Å². The van der Waals surface area contributed by atoms with E-state index in [1.54, 1.807) is 6.08 Å². The fourth-order valence-corrected chi connectivity index (χ4v) is 7.23. The summed E-state index contributed by atoms with van der Waals surface area (Å²) in [6, 6.07) is -1.14. The van der Waals surface area contributed by atoms with Crippen molar-refractivity contribution in [3.05, 3.63) is 36.5 Å². The molecule has 0 aromatic rings. The molecule has 1 saturated heterocycles. The summed E-state index contributed by atoms with van der Waals surface area (Å²) >= 11 is 0. The minimum atomic E-state index is -5.12. The van der Waals surface area contributed by atoms with Crippen LogP contribution in [0.5, 0.6) is 0 Å². The molecule has 7 N–H and O–H groups in total. The van der Waals surface area contributed by atoms with Gasteiger partial charge in [-0.1, -0.05) is 159 Å². The van der Waals surface area contributed by atoms with Gasteiger partial charge in [0, 0.05) is 0 Å². The Morgan fingerprint density at radius 1 is 0.702 bits per heavy atom. The quantitative estimate of drug-likeness (QED) is 0.0195. The summed E-state index contributed by atoms with van der Waals surface area (Å²) in [5.41, 5.74) is 0. The lowest BCUT2D eigenvalue weighted by Crippen LogP contribution is -2.61. The molecule has 13 nitrogen and oxygen atoms in total. The molecule has 1 rings (SSSR count). The van der Waals surface area contributed by atoms with Crippen molar-refractivity contribution in [3.63, 3.8) is 0 Å². The fourth-order valence-electron chi connectivity index (χ4n) is 6.73. The smallest absolute Gasteiger partial charge is 0.394 e. The maximum atomic E-state index is 13.1. The van der Waals surface area contributed by atoms with Crippen LogP contribution in [0.1, 0.15) is 168 Å². The zero-order valence-corrected chi connectivity index (χ0v) is 35.8. The van der Waals surface area contributed by atoms with E-state index in [-0.39, 0.29) is 6.42 Å². The van der Waals surface area contributed by atoms with Gasteiger partial charge in [-0.3, -0.25) is 9.35 Å². The molecule has 1 aliphatic rings. The zero-order chi connectivity index (χ0) is 42.2. The largest absolute Gasteiger partial charge is 0.397 e. The maximum absolute atomic E-state index is 13.1. The summed E-state index contributed by atoms with van der Waals surface area (Å²) in [4.78, 5) is 13.1. The number of amides is 1. The highest BCUT2D eigenvalue weighted by molar-refractivity contribution is 7.80. The number of carbonyl (C=O) groups is 1. The van der Waals surface area contributed by atoms with Crippen molar-refractivity contribution in [2.75, 3.05) is 13.2 Å². The molecule has 1 aliphatic heterocycles. The van der Waals surface area contributed by atoms with Crippen LogP contribution in [0.15, 0.2) is 36.5 Å². The molecule has 14 heteroatoms. The van der Waals surface area contributed by atoms with E-state index in [9.17, 15) is 38.7 Å². The number of unbranched alkanes of at least 4 members (excludes halogenated alkanes) is 19. The second kappa shape index (κ2) is 34.0. The van der Waals surface area contributed by atoms with Gasteiger partial charge in [0.05, 0.1) is 25.4 Å². The van der Waals surface area contributed by atoms with Crippen LogP contribution in [-0.2, 0) is 28.9 Å². The third-order valence-corrected chi connectivity index (χ3v) is 10.7. The normalized spacial score (nSPS) is 22.1. The number of rotatable bonds is 36. The molecule has 8 unspecified atom stereocenters. The molecule has 0 aliphatic carbocycles. The van der Waals surface area contributed by atoms with Crippen LogP contribution in [-0.4, -0.2) is 107 Å². The lowest BCUT2D eigenvalue weighted by Gasteiger charge is -2.41. The van der Waals surface area contributed by atoms with E-state index in [1.807, 2.05) is 0 Å². The van der Waals surface area contributed by atoms with Gasteiger partial charge in [-0.05, 0) is 44.9 Å². The highest BCUT2D eigenvalue weighted by Gasteiger charge is 2.48. The lowest BCUT2D eigenvalue weighted by molar-refractivity contribution is -0.298. The molecule has 1 fully saturated rings. The second-order valence-electron chi connectivity index (χ2n) is 15.4. The van der Waals surface area contributed by atoms with Crippen molar-refractivity contribution < 1.29 is 57.0 Å². The van der Waals surface area contributed by atoms with E-state index in [0.29, 0.717) is 12.8 Å². The Balaban J connectivity index is 2.67. The van der Waals surface area contributed by atoms with Gasteiger partial charge in [0.2, 0.25) is 5.91 Å². The molecule has 0 saturated carbocycles. The minimum absolute atomic E-state index is 0.236.